The number of ether oxygens (including phenoxy) is 1. The smallest absolute Gasteiger partial charge is 0.356 e. The molecule has 2 aliphatic rings. The molecule has 0 aliphatic carbocycles. The van der Waals surface area contributed by atoms with Crippen LogP contribution in [0.4, 0.5) is 5.82 Å². The summed E-state index contributed by atoms with van der Waals surface area (Å²) in [5, 5.41) is 11.7. The summed E-state index contributed by atoms with van der Waals surface area (Å²) in [6.45, 7) is 1.78. The maximum atomic E-state index is 11.1. The number of nitrogens with zero attached hydrogens (tertiary/aromatic N) is 3. The fourth-order valence-corrected chi connectivity index (χ4v) is 2.49. The molecule has 8 nitrogen and oxygen atoms in total. The number of nitrogens with one attached hydrogen (secondary N) is 1. The van der Waals surface area contributed by atoms with Crippen molar-refractivity contribution < 1.29 is 19.4 Å². The van der Waals surface area contributed by atoms with Crippen LogP contribution >= 0.6 is 0 Å². The molecule has 1 spiro atoms. The van der Waals surface area contributed by atoms with Gasteiger partial charge in [0.15, 0.2) is 5.69 Å². The lowest BCUT2D eigenvalue weighted by molar-refractivity contribution is -0.141. The highest BCUT2D eigenvalue weighted by molar-refractivity contribution is 5.85. The Balaban J connectivity index is 1.75. The van der Waals surface area contributed by atoms with Gasteiger partial charge in [-0.05, 0) is 6.42 Å². The van der Waals surface area contributed by atoms with Gasteiger partial charge in [-0.2, -0.15) is 0 Å². The van der Waals surface area contributed by atoms with Crippen LogP contribution in [0.15, 0.2) is 12.4 Å². The van der Waals surface area contributed by atoms with Crippen molar-refractivity contribution in [3.63, 3.8) is 0 Å². The van der Waals surface area contributed by atoms with E-state index in [-0.39, 0.29) is 18.2 Å². The van der Waals surface area contributed by atoms with Crippen LogP contribution < -0.4 is 10.2 Å². The molecule has 0 saturated carbocycles. The monoisotopic (exact) mass is 278 g/mol. The summed E-state index contributed by atoms with van der Waals surface area (Å²) in [5.41, 5.74) is -0.490. The second-order valence-corrected chi connectivity index (χ2v) is 4.99. The highest BCUT2D eigenvalue weighted by Gasteiger charge is 2.42. The zero-order valence-electron chi connectivity index (χ0n) is 10.7. The number of carbonyl (C=O) groups excluding carboxylic acids is 1. The van der Waals surface area contributed by atoms with Crippen molar-refractivity contribution >= 4 is 17.7 Å². The Hall–Kier alpha value is -2.22. The number of amides is 1. The van der Waals surface area contributed by atoms with Crippen molar-refractivity contribution in [2.75, 3.05) is 31.1 Å². The lowest BCUT2D eigenvalue weighted by Crippen LogP contribution is -2.53. The number of anilines is 1. The van der Waals surface area contributed by atoms with Gasteiger partial charge in [0, 0.05) is 13.1 Å². The van der Waals surface area contributed by atoms with Crippen molar-refractivity contribution in [1.29, 1.82) is 0 Å². The van der Waals surface area contributed by atoms with E-state index in [0.717, 1.165) is 6.42 Å². The topological polar surface area (TPSA) is 105 Å². The minimum absolute atomic E-state index is 0.0642. The number of rotatable bonds is 2. The molecule has 3 rings (SSSR count). The molecule has 1 atom stereocenters. The predicted octanol–water partition coefficient (Wildman–Crippen LogP) is -0.730. The van der Waals surface area contributed by atoms with E-state index >= 15 is 0 Å². The van der Waals surface area contributed by atoms with Gasteiger partial charge in [0.05, 0.1) is 18.9 Å². The van der Waals surface area contributed by atoms with Crippen molar-refractivity contribution in [2.24, 2.45) is 0 Å². The molecule has 2 N–H and O–H groups in total. The number of aromatic carboxylic acids is 1. The summed E-state index contributed by atoms with van der Waals surface area (Å²) in [5.74, 6) is -0.696. The molecule has 0 aromatic carbocycles. The van der Waals surface area contributed by atoms with Crippen LogP contribution in [0.5, 0.6) is 0 Å². The van der Waals surface area contributed by atoms with Crippen molar-refractivity contribution in [1.82, 2.24) is 15.3 Å². The summed E-state index contributed by atoms with van der Waals surface area (Å²) in [6, 6.07) is 0. The average molecular weight is 278 g/mol. The van der Waals surface area contributed by atoms with Crippen LogP contribution in [0.2, 0.25) is 0 Å². The molecular weight excluding hydrogens is 264 g/mol. The predicted molar refractivity (Wildman–Crippen MR) is 67.5 cm³/mol. The van der Waals surface area contributed by atoms with Crippen molar-refractivity contribution in [3.8, 4) is 0 Å². The Labute approximate surface area is 114 Å². The van der Waals surface area contributed by atoms with Crippen LogP contribution in [0.1, 0.15) is 16.9 Å². The van der Waals surface area contributed by atoms with Crippen molar-refractivity contribution in [2.45, 2.75) is 12.0 Å². The molecule has 2 fully saturated rings. The summed E-state index contributed by atoms with van der Waals surface area (Å²) >= 11 is 0. The first kappa shape index (κ1) is 12.8. The van der Waals surface area contributed by atoms with Gasteiger partial charge in [-0.15, -0.1) is 0 Å². The van der Waals surface area contributed by atoms with E-state index in [2.05, 4.69) is 15.3 Å². The molecule has 2 saturated heterocycles. The molecule has 0 bridgehead atoms. The van der Waals surface area contributed by atoms with Gasteiger partial charge in [0.25, 0.3) is 0 Å². The zero-order chi connectivity index (χ0) is 14.2. The Morgan fingerprint density at radius 2 is 2.35 bits per heavy atom. The first-order chi connectivity index (χ1) is 9.58. The Morgan fingerprint density at radius 3 is 3.05 bits per heavy atom. The zero-order valence-corrected chi connectivity index (χ0v) is 10.7. The fraction of sp³-hybridized carbons (Fsp3) is 0.500. The quantitative estimate of drug-likeness (QED) is 0.734. The van der Waals surface area contributed by atoms with Crippen LogP contribution in [0, 0.1) is 0 Å². The minimum atomic E-state index is -1.10. The SMILES string of the molecule is O=C1COC2(CCN(c3cncc(C(=O)O)n3)C2)CN1. The summed E-state index contributed by atoms with van der Waals surface area (Å²) in [4.78, 5) is 31.9. The van der Waals surface area contributed by atoms with Crippen LogP contribution in [0.25, 0.3) is 0 Å². The largest absolute Gasteiger partial charge is 0.476 e. The minimum Gasteiger partial charge on any atom is -0.476 e. The van der Waals surface area contributed by atoms with Crippen LogP contribution in [-0.4, -0.2) is 58.8 Å². The Bertz CT molecular complexity index is 552. The molecule has 2 aliphatic heterocycles. The highest BCUT2D eigenvalue weighted by Crippen LogP contribution is 2.29. The van der Waals surface area contributed by atoms with Gasteiger partial charge in [0.2, 0.25) is 5.91 Å². The molecule has 1 unspecified atom stereocenters. The number of carboxylic acids is 1. The van der Waals surface area contributed by atoms with E-state index in [1.54, 1.807) is 0 Å². The Kier molecular flexibility index (Phi) is 3.01. The highest BCUT2D eigenvalue weighted by atomic mass is 16.5. The van der Waals surface area contributed by atoms with E-state index < -0.39 is 11.6 Å². The first-order valence-electron chi connectivity index (χ1n) is 6.29. The summed E-state index contributed by atoms with van der Waals surface area (Å²) in [7, 11) is 0. The first-order valence-corrected chi connectivity index (χ1v) is 6.29. The third kappa shape index (κ3) is 2.29. The fourth-order valence-electron chi connectivity index (χ4n) is 2.49. The molecule has 106 valence electrons. The molecule has 0 radical (unpaired) electrons. The van der Waals surface area contributed by atoms with E-state index in [1.165, 1.54) is 12.4 Å². The third-order valence-corrected chi connectivity index (χ3v) is 3.60. The summed E-state index contributed by atoms with van der Waals surface area (Å²) < 4.78 is 5.65. The van der Waals surface area contributed by atoms with E-state index in [1.807, 2.05) is 4.90 Å². The van der Waals surface area contributed by atoms with Gasteiger partial charge < -0.3 is 20.1 Å². The maximum Gasteiger partial charge on any atom is 0.356 e. The normalized spacial score (nSPS) is 25.8. The number of morpholine rings is 1. The average Bonchev–Trinajstić information content (AvgIpc) is 2.87. The molecule has 1 aromatic heterocycles. The Morgan fingerprint density at radius 1 is 1.50 bits per heavy atom. The van der Waals surface area contributed by atoms with Crippen molar-refractivity contribution in [3.05, 3.63) is 18.1 Å². The van der Waals surface area contributed by atoms with E-state index in [4.69, 9.17) is 9.84 Å². The number of carboxylic acid groups (broad SMARTS) is 1. The van der Waals surface area contributed by atoms with Gasteiger partial charge in [-0.1, -0.05) is 0 Å². The molecule has 1 amide bonds. The standard InChI is InChI=1S/C12H14N4O4/c17-10-5-20-12(6-14-10)1-2-16(7-12)9-4-13-3-8(15-9)11(18)19/h3-4H,1-2,5-7H2,(H,14,17)(H,18,19). The number of aromatic nitrogens is 2. The lowest BCUT2D eigenvalue weighted by Gasteiger charge is -2.33. The number of carbonyl (C=O) groups is 2. The maximum absolute atomic E-state index is 11.1. The van der Waals surface area contributed by atoms with Gasteiger partial charge in [-0.25, -0.2) is 9.78 Å². The molecule has 1 aromatic rings. The molecule has 20 heavy (non-hydrogen) atoms. The molecule has 8 heteroatoms. The van der Waals surface area contributed by atoms with E-state index in [0.29, 0.717) is 25.5 Å². The molecular formula is C12H14N4O4. The second-order valence-electron chi connectivity index (χ2n) is 4.99. The van der Waals surface area contributed by atoms with Crippen LogP contribution in [-0.2, 0) is 9.53 Å². The van der Waals surface area contributed by atoms with Gasteiger partial charge >= 0.3 is 5.97 Å². The van der Waals surface area contributed by atoms with Gasteiger partial charge in [-0.3, -0.25) is 9.78 Å². The molecule has 3 heterocycles. The summed E-state index contributed by atoms with van der Waals surface area (Å²) in [6.07, 6.45) is 3.51. The third-order valence-electron chi connectivity index (χ3n) is 3.60. The number of hydrogen-bond donors (Lipinski definition) is 2. The van der Waals surface area contributed by atoms with E-state index in [9.17, 15) is 9.59 Å². The van der Waals surface area contributed by atoms with Gasteiger partial charge in [0.1, 0.15) is 18.0 Å². The lowest BCUT2D eigenvalue weighted by atomic mass is 10.0. The second kappa shape index (κ2) is 4.71. The van der Waals surface area contributed by atoms with Crippen LogP contribution in [0.3, 0.4) is 0 Å². The number of hydrogen-bond acceptors (Lipinski definition) is 6.